The number of hydrogen-bond donors (Lipinski definition) is 0. The summed E-state index contributed by atoms with van der Waals surface area (Å²) in [5.74, 6) is 1.18. The first-order valence-electron chi connectivity index (χ1n) is 4.26. The van der Waals surface area contributed by atoms with E-state index in [4.69, 9.17) is 4.74 Å². The lowest BCUT2D eigenvalue weighted by atomic mass is 10.0. The Balaban J connectivity index is 2.12. The predicted octanol–water partition coefficient (Wildman–Crippen LogP) is 0.846. The van der Waals surface area contributed by atoms with Gasteiger partial charge in [0.1, 0.15) is 0 Å². The SMILES string of the molecule is COC(C)CCC1CS(=O)(=O)C1. The van der Waals surface area contributed by atoms with Crippen LogP contribution in [0.1, 0.15) is 19.8 Å². The van der Waals surface area contributed by atoms with Crippen LogP contribution in [0.3, 0.4) is 0 Å². The van der Waals surface area contributed by atoms with Crippen LogP contribution in [0.15, 0.2) is 0 Å². The summed E-state index contributed by atoms with van der Waals surface area (Å²) in [5, 5.41) is 0. The van der Waals surface area contributed by atoms with Gasteiger partial charge in [0.15, 0.2) is 9.84 Å². The summed E-state index contributed by atoms with van der Waals surface area (Å²) in [7, 11) is -0.943. The molecule has 1 rings (SSSR count). The van der Waals surface area contributed by atoms with Gasteiger partial charge >= 0.3 is 0 Å². The second-order valence-corrected chi connectivity index (χ2v) is 5.72. The van der Waals surface area contributed by atoms with Crippen molar-refractivity contribution in [1.29, 1.82) is 0 Å². The summed E-state index contributed by atoms with van der Waals surface area (Å²) >= 11 is 0. The molecular formula is C8H16O3S. The van der Waals surface area contributed by atoms with E-state index in [1.54, 1.807) is 7.11 Å². The molecule has 1 aliphatic rings. The van der Waals surface area contributed by atoms with Crippen molar-refractivity contribution in [2.24, 2.45) is 5.92 Å². The summed E-state index contributed by atoms with van der Waals surface area (Å²) in [5.41, 5.74) is 0. The molecule has 1 fully saturated rings. The maximum Gasteiger partial charge on any atom is 0.150 e. The van der Waals surface area contributed by atoms with Gasteiger partial charge in [-0.1, -0.05) is 0 Å². The second-order valence-electron chi connectivity index (χ2n) is 3.57. The van der Waals surface area contributed by atoms with Crippen LogP contribution in [-0.2, 0) is 14.6 Å². The minimum absolute atomic E-state index is 0.258. The van der Waals surface area contributed by atoms with Crippen molar-refractivity contribution in [1.82, 2.24) is 0 Å². The third kappa shape index (κ3) is 2.75. The Labute approximate surface area is 74.0 Å². The Morgan fingerprint density at radius 3 is 2.50 bits per heavy atom. The molecule has 1 unspecified atom stereocenters. The molecule has 0 aliphatic carbocycles. The summed E-state index contributed by atoms with van der Waals surface area (Å²) in [4.78, 5) is 0. The Hall–Kier alpha value is -0.0900. The van der Waals surface area contributed by atoms with Crippen molar-refractivity contribution >= 4 is 9.84 Å². The quantitative estimate of drug-likeness (QED) is 0.663. The number of ether oxygens (including phenoxy) is 1. The van der Waals surface area contributed by atoms with Crippen LogP contribution in [0.25, 0.3) is 0 Å². The van der Waals surface area contributed by atoms with Gasteiger partial charge in [0.05, 0.1) is 17.6 Å². The summed E-state index contributed by atoms with van der Waals surface area (Å²) in [6.07, 6.45) is 2.21. The maximum atomic E-state index is 10.8. The smallest absolute Gasteiger partial charge is 0.150 e. The first-order chi connectivity index (χ1) is 5.53. The maximum absolute atomic E-state index is 10.8. The monoisotopic (exact) mass is 192 g/mol. The topological polar surface area (TPSA) is 43.4 Å². The van der Waals surface area contributed by atoms with Gasteiger partial charge < -0.3 is 4.74 Å². The van der Waals surface area contributed by atoms with Crippen molar-refractivity contribution in [2.45, 2.75) is 25.9 Å². The van der Waals surface area contributed by atoms with Crippen LogP contribution < -0.4 is 0 Å². The molecule has 0 N–H and O–H groups in total. The van der Waals surface area contributed by atoms with Crippen molar-refractivity contribution in [3.05, 3.63) is 0 Å². The molecule has 1 heterocycles. The molecule has 0 aromatic carbocycles. The third-order valence-electron chi connectivity index (χ3n) is 2.36. The van der Waals surface area contributed by atoms with Crippen LogP contribution in [-0.4, -0.2) is 33.1 Å². The minimum atomic E-state index is -2.63. The van der Waals surface area contributed by atoms with E-state index >= 15 is 0 Å². The molecular weight excluding hydrogens is 176 g/mol. The Bertz CT molecular complexity index is 221. The summed E-state index contributed by atoms with van der Waals surface area (Å²) in [6.45, 7) is 2.01. The van der Waals surface area contributed by atoms with E-state index in [0.29, 0.717) is 17.4 Å². The van der Waals surface area contributed by atoms with Crippen molar-refractivity contribution in [3.8, 4) is 0 Å². The average Bonchev–Trinajstić information content (AvgIpc) is 1.96. The van der Waals surface area contributed by atoms with Gasteiger partial charge in [0, 0.05) is 7.11 Å². The van der Waals surface area contributed by atoms with E-state index in [1.165, 1.54) is 0 Å². The molecule has 1 atom stereocenters. The highest BCUT2D eigenvalue weighted by Gasteiger charge is 2.32. The number of rotatable bonds is 4. The summed E-state index contributed by atoms with van der Waals surface area (Å²) in [6, 6.07) is 0. The standard InChI is InChI=1S/C8H16O3S/c1-7(11-2)3-4-8-5-12(9,10)6-8/h7-8H,3-6H2,1-2H3. The molecule has 3 nitrogen and oxygen atoms in total. The molecule has 0 aromatic rings. The van der Waals surface area contributed by atoms with Gasteiger partial charge in [-0.15, -0.1) is 0 Å². The van der Waals surface area contributed by atoms with Gasteiger partial charge in [-0.25, -0.2) is 8.42 Å². The van der Waals surface area contributed by atoms with E-state index in [2.05, 4.69) is 0 Å². The fourth-order valence-electron chi connectivity index (χ4n) is 1.42. The van der Waals surface area contributed by atoms with Crippen LogP contribution in [0.5, 0.6) is 0 Å². The zero-order chi connectivity index (χ0) is 9.19. The molecule has 1 aliphatic heterocycles. The molecule has 72 valence electrons. The van der Waals surface area contributed by atoms with Crippen LogP contribution in [0, 0.1) is 5.92 Å². The molecule has 0 bridgehead atoms. The molecule has 12 heavy (non-hydrogen) atoms. The zero-order valence-corrected chi connectivity index (χ0v) is 8.43. The largest absolute Gasteiger partial charge is 0.382 e. The van der Waals surface area contributed by atoms with Crippen molar-refractivity contribution in [3.63, 3.8) is 0 Å². The van der Waals surface area contributed by atoms with E-state index in [9.17, 15) is 8.42 Å². The molecule has 0 saturated carbocycles. The first kappa shape index (κ1) is 9.99. The number of hydrogen-bond acceptors (Lipinski definition) is 3. The molecule has 0 aromatic heterocycles. The Morgan fingerprint density at radius 2 is 2.08 bits per heavy atom. The van der Waals surface area contributed by atoms with Gasteiger partial charge in [-0.2, -0.15) is 0 Å². The molecule has 0 radical (unpaired) electrons. The lowest BCUT2D eigenvalue weighted by molar-refractivity contribution is 0.105. The first-order valence-corrected chi connectivity index (χ1v) is 6.09. The number of sulfone groups is 1. The zero-order valence-electron chi connectivity index (χ0n) is 7.62. The molecule has 4 heteroatoms. The summed E-state index contributed by atoms with van der Waals surface area (Å²) < 4.78 is 26.6. The van der Waals surface area contributed by atoms with Crippen LogP contribution >= 0.6 is 0 Å². The predicted molar refractivity (Wildman–Crippen MR) is 47.8 cm³/mol. The number of methoxy groups -OCH3 is 1. The Morgan fingerprint density at radius 1 is 1.50 bits per heavy atom. The molecule has 0 amide bonds. The third-order valence-corrected chi connectivity index (χ3v) is 4.32. The van der Waals surface area contributed by atoms with Crippen LogP contribution in [0.4, 0.5) is 0 Å². The van der Waals surface area contributed by atoms with E-state index in [0.717, 1.165) is 12.8 Å². The van der Waals surface area contributed by atoms with E-state index in [-0.39, 0.29) is 6.10 Å². The average molecular weight is 192 g/mol. The highest BCUT2D eigenvalue weighted by Crippen LogP contribution is 2.23. The normalized spacial score (nSPS) is 24.8. The van der Waals surface area contributed by atoms with Gasteiger partial charge in [-0.05, 0) is 25.7 Å². The molecule has 0 spiro atoms. The lowest BCUT2D eigenvalue weighted by Crippen LogP contribution is -2.36. The fourth-order valence-corrected chi connectivity index (χ4v) is 3.10. The highest BCUT2D eigenvalue weighted by molar-refractivity contribution is 7.92. The molecule has 1 saturated heterocycles. The van der Waals surface area contributed by atoms with Gasteiger partial charge in [-0.3, -0.25) is 0 Å². The lowest BCUT2D eigenvalue weighted by Gasteiger charge is -2.26. The minimum Gasteiger partial charge on any atom is -0.382 e. The van der Waals surface area contributed by atoms with E-state index < -0.39 is 9.84 Å². The van der Waals surface area contributed by atoms with Crippen molar-refractivity contribution in [2.75, 3.05) is 18.6 Å². The highest BCUT2D eigenvalue weighted by atomic mass is 32.2. The fraction of sp³-hybridized carbons (Fsp3) is 1.00. The van der Waals surface area contributed by atoms with Gasteiger partial charge in [0.2, 0.25) is 0 Å². The second kappa shape index (κ2) is 3.75. The van der Waals surface area contributed by atoms with E-state index in [1.807, 2.05) is 6.92 Å². The Kier molecular flexibility index (Phi) is 3.12. The van der Waals surface area contributed by atoms with Crippen molar-refractivity contribution < 1.29 is 13.2 Å². The van der Waals surface area contributed by atoms with Crippen LogP contribution in [0.2, 0.25) is 0 Å². The van der Waals surface area contributed by atoms with Gasteiger partial charge in [0.25, 0.3) is 0 Å².